The standard InChI is InChI=1S/C15H10FNOS/c16-11-5-7-12(8-6-11)19-14-9-10-3-1-2-4-13(10)17-15(14)18/h1-9H,(H,17,18). The molecule has 3 rings (SSSR count). The van der Waals surface area contributed by atoms with Crippen molar-refractivity contribution in [2.45, 2.75) is 9.79 Å². The van der Waals surface area contributed by atoms with Crippen LogP contribution in [0.3, 0.4) is 0 Å². The molecule has 4 heteroatoms. The number of pyridine rings is 1. The minimum atomic E-state index is -0.281. The van der Waals surface area contributed by atoms with Crippen molar-refractivity contribution in [2.75, 3.05) is 0 Å². The molecule has 0 bridgehead atoms. The second kappa shape index (κ2) is 4.90. The number of benzene rings is 2. The quantitative estimate of drug-likeness (QED) is 0.768. The van der Waals surface area contributed by atoms with Crippen LogP contribution in [0, 0.1) is 5.82 Å². The van der Waals surface area contributed by atoms with E-state index in [4.69, 9.17) is 0 Å². The van der Waals surface area contributed by atoms with Gasteiger partial charge in [-0.15, -0.1) is 0 Å². The van der Waals surface area contributed by atoms with Gasteiger partial charge in [0.05, 0.1) is 4.90 Å². The van der Waals surface area contributed by atoms with Gasteiger partial charge in [0.25, 0.3) is 5.56 Å². The van der Waals surface area contributed by atoms with Crippen molar-refractivity contribution in [3.05, 3.63) is 70.8 Å². The predicted molar refractivity (Wildman–Crippen MR) is 75.1 cm³/mol. The Labute approximate surface area is 113 Å². The van der Waals surface area contributed by atoms with Gasteiger partial charge in [-0.25, -0.2) is 4.39 Å². The highest BCUT2D eigenvalue weighted by molar-refractivity contribution is 7.99. The van der Waals surface area contributed by atoms with Crippen LogP contribution in [0.5, 0.6) is 0 Å². The van der Waals surface area contributed by atoms with E-state index in [9.17, 15) is 9.18 Å². The number of H-pyrrole nitrogens is 1. The summed E-state index contributed by atoms with van der Waals surface area (Å²) in [5, 5.41) is 0.978. The minimum absolute atomic E-state index is 0.131. The number of fused-ring (bicyclic) bond motifs is 1. The van der Waals surface area contributed by atoms with E-state index in [1.165, 1.54) is 23.9 Å². The van der Waals surface area contributed by atoms with Crippen molar-refractivity contribution in [3.8, 4) is 0 Å². The zero-order valence-electron chi connectivity index (χ0n) is 9.89. The fourth-order valence-electron chi connectivity index (χ4n) is 1.83. The molecule has 0 radical (unpaired) electrons. The first-order valence-electron chi connectivity index (χ1n) is 5.78. The van der Waals surface area contributed by atoms with E-state index in [1.54, 1.807) is 12.1 Å². The first-order chi connectivity index (χ1) is 9.22. The number of aromatic amines is 1. The zero-order valence-corrected chi connectivity index (χ0v) is 10.7. The first kappa shape index (κ1) is 12.0. The Bertz CT molecular complexity index is 780. The molecule has 0 spiro atoms. The molecular weight excluding hydrogens is 261 g/mol. The Hall–Kier alpha value is -2.07. The molecule has 2 nitrogen and oxygen atoms in total. The molecule has 0 atom stereocenters. The van der Waals surface area contributed by atoms with E-state index in [1.807, 2.05) is 30.3 Å². The molecule has 0 aliphatic heterocycles. The summed E-state index contributed by atoms with van der Waals surface area (Å²) in [6.45, 7) is 0. The van der Waals surface area contributed by atoms with E-state index < -0.39 is 0 Å². The number of halogens is 1. The molecule has 0 amide bonds. The number of rotatable bonds is 2. The smallest absolute Gasteiger partial charge is 0.262 e. The lowest BCUT2D eigenvalue weighted by Crippen LogP contribution is -2.07. The number of hydrogen-bond donors (Lipinski definition) is 1. The summed E-state index contributed by atoms with van der Waals surface area (Å²) in [6, 6.07) is 15.6. The highest BCUT2D eigenvalue weighted by Gasteiger charge is 2.05. The Morgan fingerprint density at radius 1 is 1.00 bits per heavy atom. The summed E-state index contributed by atoms with van der Waals surface area (Å²) in [5.41, 5.74) is 0.684. The van der Waals surface area contributed by atoms with Gasteiger partial charge in [-0.05, 0) is 41.8 Å². The van der Waals surface area contributed by atoms with Gasteiger partial charge < -0.3 is 4.98 Å². The molecule has 1 N–H and O–H groups in total. The van der Waals surface area contributed by atoms with E-state index in [0.29, 0.717) is 4.90 Å². The molecule has 0 saturated heterocycles. The largest absolute Gasteiger partial charge is 0.321 e. The average Bonchev–Trinajstić information content (AvgIpc) is 2.42. The van der Waals surface area contributed by atoms with Crippen molar-refractivity contribution < 1.29 is 4.39 Å². The van der Waals surface area contributed by atoms with Crippen LogP contribution in [0.25, 0.3) is 10.9 Å². The summed E-state index contributed by atoms with van der Waals surface area (Å²) < 4.78 is 12.8. The molecule has 1 aromatic heterocycles. The Balaban J connectivity index is 2.03. The fourth-order valence-corrected chi connectivity index (χ4v) is 2.69. The SMILES string of the molecule is O=c1[nH]c2ccccc2cc1Sc1ccc(F)cc1. The molecule has 1 heterocycles. The third-order valence-electron chi connectivity index (χ3n) is 2.76. The molecule has 0 fully saturated rings. The topological polar surface area (TPSA) is 32.9 Å². The van der Waals surface area contributed by atoms with Crippen LogP contribution in [0.4, 0.5) is 4.39 Å². The number of para-hydroxylation sites is 1. The van der Waals surface area contributed by atoms with Crippen molar-refractivity contribution in [3.63, 3.8) is 0 Å². The molecular formula is C15H10FNOS. The summed E-state index contributed by atoms with van der Waals surface area (Å²) in [5.74, 6) is -0.281. The first-order valence-corrected chi connectivity index (χ1v) is 6.59. The maximum Gasteiger partial charge on any atom is 0.262 e. The van der Waals surface area contributed by atoms with E-state index in [-0.39, 0.29) is 11.4 Å². The van der Waals surface area contributed by atoms with Gasteiger partial charge in [0.1, 0.15) is 5.82 Å². The maximum absolute atomic E-state index is 12.8. The number of nitrogens with one attached hydrogen (secondary N) is 1. The average molecular weight is 271 g/mol. The molecule has 0 aliphatic carbocycles. The van der Waals surface area contributed by atoms with Crippen molar-refractivity contribution >= 4 is 22.7 Å². The summed E-state index contributed by atoms with van der Waals surface area (Å²) in [4.78, 5) is 16.2. The summed E-state index contributed by atoms with van der Waals surface area (Å²) >= 11 is 1.33. The van der Waals surface area contributed by atoms with E-state index in [2.05, 4.69) is 4.98 Å². The molecule has 0 saturated carbocycles. The van der Waals surface area contributed by atoms with Gasteiger partial charge in [-0.2, -0.15) is 0 Å². The predicted octanol–water partition coefficient (Wildman–Crippen LogP) is 3.82. The van der Waals surface area contributed by atoms with Gasteiger partial charge in [0.15, 0.2) is 0 Å². The Kier molecular flexibility index (Phi) is 3.09. The zero-order chi connectivity index (χ0) is 13.2. The molecule has 3 aromatic rings. The molecule has 0 aliphatic rings. The van der Waals surface area contributed by atoms with Gasteiger partial charge in [-0.3, -0.25) is 4.79 Å². The van der Waals surface area contributed by atoms with Crippen molar-refractivity contribution in [1.82, 2.24) is 4.98 Å². The summed E-state index contributed by atoms with van der Waals surface area (Å²) in [6.07, 6.45) is 0. The molecule has 94 valence electrons. The van der Waals surface area contributed by atoms with Crippen LogP contribution in [-0.2, 0) is 0 Å². The van der Waals surface area contributed by atoms with Crippen LogP contribution in [0.15, 0.2) is 69.2 Å². The van der Waals surface area contributed by atoms with Crippen LogP contribution >= 0.6 is 11.8 Å². The Morgan fingerprint density at radius 2 is 1.74 bits per heavy atom. The number of hydrogen-bond acceptors (Lipinski definition) is 2. The van der Waals surface area contributed by atoms with Gasteiger partial charge in [0, 0.05) is 10.4 Å². The minimum Gasteiger partial charge on any atom is -0.321 e. The molecule has 0 unspecified atom stereocenters. The van der Waals surface area contributed by atoms with Crippen LogP contribution in [0.1, 0.15) is 0 Å². The van der Waals surface area contributed by atoms with Gasteiger partial charge in [-0.1, -0.05) is 30.0 Å². The van der Waals surface area contributed by atoms with Crippen molar-refractivity contribution in [2.24, 2.45) is 0 Å². The van der Waals surface area contributed by atoms with Crippen LogP contribution in [-0.4, -0.2) is 4.98 Å². The van der Waals surface area contributed by atoms with Gasteiger partial charge >= 0.3 is 0 Å². The van der Waals surface area contributed by atoms with E-state index >= 15 is 0 Å². The van der Waals surface area contributed by atoms with Crippen LogP contribution < -0.4 is 5.56 Å². The normalized spacial score (nSPS) is 10.8. The van der Waals surface area contributed by atoms with Gasteiger partial charge in [0.2, 0.25) is 0 Å². The van der Waals surface area contributed by atoms with E-state index in [0.717, 1.165) is 15.8 Å². The highest BCUT2D eigenvalue weighted by Crippen LogP contribution is 2.26. The second-order valence-corrected chi connectivity index (χ2v) is 5.22. The number of aromatic nitrogens is 1. The third kappa shape index (κ3) is 2.53. The Morgan fingerprint density at radius 3 is 2.53 bits per heavy atom. The molecule has 2 aromatic carbocycles. The monoisotopic (exact) mass is 271 g/mol. The lowest BCUT2D eigenvalue weighted by atomic mass is 10.2. The lowest BCUT2D eigenvalue weighted by Gasteiger charge is -2.03. The lowest BCUT2D eigenvalue weighted by molar-refractivity contribution is 0.626. The fraction of sp³-hybridized carbons (Fsp3) is 0. The maximum atomic E-state index is 12.8. The third-order valence-corrected chi connectivity index (χ3v) is 3.79. The van der Waals surface area contributed by atoms with Crippen LogP contribution in [0.2, 0.25) is 0 Å². The highest BCUT2D eigenvalue weighted by atomic mass is 32.2. The molecule has 19 heavy (non-hydrogen) atoms. The second-order valence-electron chi connectivity index (χ2n) is 4.11. The summed E-state index contributed by atoms with van der Waals surface area (Å²) in [7, 11) is 0. The van der Waals surface area contributed by atoms with Crippen molar-refractivity contribution in [1.29, 1.82) is 0 Å².